The average molecular weight is 253 g/mol. The van der Waals surface area contributed by atoms with Gasteiger partial charge in [0.25, 0.3) is 0 Å². The predicted molar refractivity (Wildman–Crippen MR) is 75.5 cm³/mol. The first-order chi connectivity index (χ1) is 8.26. The summed E-state index contributed by atoms with van der Waals surface area (Å²) in [6, 6.07) is 8.90. The number of aliphatic hydroxyl groups excluding tert-OH is 1. The monoisotopic (exact) mass is 253 g/mol. The molecule has 0 fully saturated rings. The van der Waals surface area contributed by atoms with E-state index in [2.05, 4.69) is 43.4 Å². The van der Waals surface area contributed by atoms with Gasteiger partial charge in [-0.15, -0.1) is 11.8 Å². The highest BCUT2D eigenvalue weighted by atomic mass is 32.2. The second-order valence-electron chi connectivity index (χ2n) is 4.12. The van der Waals surface area contributed by atoms with Crippen LogP contribution in [-0.2, 0) is 0 Å². The summed E-state index contributed by atoms with van der Waals surface area (Å²) < 4.78 is 0. The van der Waals surface area contributed by atoms with Gasteiger partial charge in [-0.1, -0.05) is 26.0 Å². The maximum absolute atomic E-state index is 9.38. The standard InChI is InChI=1S/C14H23NOS/c1-4-11(10-16)14(15-3)12-6-8-13(9-7-12)17-5-2/h6-9,11,14-16H,4-5,10H2,1-3H3. The van der Waals surface area contributed by atoms with Gasteiger partial charge in [0.2, 0.25) is 0 Å². The number of benzene rings is 1. The van der Waals surface area contributed by atoms with Gasteiger partial charge in [-0.3, -0.25) is 0 Å². The van der Waals surface area contributed by atoms with E-state index in [0.717, 1.165) is 12.2 Å². The van der Waals surface area contributed by atoms with Crippen molar-refractivity contribution >= 4 is 11.8 Å². The van der Waals surface area contributed by atoms with E-state index in [1.165, 1.54) is 10.5 Å². The molecule has 1 aromatic rings. The molecule has 0 saturated heterocycles. The summed E-state index contributed by atoms with van der Waals surface area (Å²) in [5, 5.41) is 12.7. The molecule has 2 nitrogen and oxygen atoms in total. The van der Waals surface area contributed by atoms with Crippen LogP contribution in [0.15, 0.2) is 29.2 Å². The predicted octanol–water partition coefficient (Wildman–Crippen LogP) is 3.08. The molecule has 0 heterocycles. The van der Waals surface area contributed by atoms with E-state index in [1.807, 2.05) is 18.8 Å². The van der Waals surface area contributed by atoms with Gasteiger partial charge in [-0.25, -0.2) is 0 Å². The molecule has 17 heavy (non-hydrogen) atoms. The SMILES string of the molecule is CCSc1ccc(C(NC)C(CC)CO)cc1. The molecular formula is C14H23NOS. The van der Waals surface area contributed by atoms with Crippen LogP contribution in [0.3, 0.4) is 0 Å². The van der Waals surface area contributed by atoms with Crippen molar-refractivity contribution in [1.82, 2.24) is 5.32 Å². The Morgan fingerprint density at radius 2 is 1.88 bits per heavy atom. The highest BCUT2D eigenvalue weighted by molar-refractivity contribution is 7.99. The normalized spacial score (nSPS) is 14.6. The highest BCUT2D eigenvalue weighted by Gasteiger charge is 2.19. The molecule has 3 heteroatoms. The Bertz CT molecular complexity index is 309. The fourth-order valence-corrected chi connectivity index (χ4v) is 2.74. The molecular weight excluding hydrogens is 230 g/mol. The first-order valence-electron chi connectivity index (χ1n) is 6.27. The van der Waals surface area contributed by atoms with Crippen LogP contribution in [0.5, 0.6) is 0 Å². The molecule has 0 bridgehead atoms. The molecule has 2 N–H and O–H groups in total. The number of hydrogen-bond acceptors (Lipinski definition) is 3. The van der Waals surface area contributed by atoms with Gasteiger partial charge in [0.05, 0.1) is 0 Å². The van der Waals surface area contributed by atoms with Crippen LogP contribution in [0, 0.1) is 5.92 Å². The van der Waals surface area contributed by atoms with Crippen molar-refractivity contribution in [2.75, 3.05) is 19.4 Å². The molecule has 2 atom stereocenters. The van der Waals surface area contributed by atoms with E-state index in [1.54, 1.807) is 0 Å². The van der Waals surface area contributed by atoms with Crippen LogP contribution in [0.2, 0.25) is 0 Å². The third-order valence-corrected chi connectivity index (χ3v) is 3.99. The Labute approximate surface area is 109 Å². The summed E-state index contributed by atoms with van der Waals surface area (Å²) in [5.74, 6) is 1.38. The molecule has 0 aliphatic rings. The maximum atomic E-state index is 9.38. The lowest BCUT2D eigenvalue weighted by molar-refractivity contribution is 0.189. The lowest BCUT2D eigenvalue weighted by Crippen LogP contribution is -2.27. The van der Waals surface area contributed by atoms with Crippen LogP contribution in [0.25, 0.3) is 0 Å². The van der Waals surface area contributed by atoms with Gasteiger partial charge in [-0.05, 0) is 36.9 Å². The minimum Gasteiger partial charge on any atom is -0.396 e. The first-order valence-corrected chi connectivity index (χ1v) is 7.26. The average Bonchev–Trinajstić information content (AvgIpc) is 2.37. The summed E-state index contributed by atoms with van der Waals surface area (Å²) >= 11 is 1.85. The van der Waals surface area contributed by atoms with Gasteiger partial charge >= 0.3 is 0 Å². The second-order valence-corrected chi connectivity index (χ2v) is 5.46. The zero-order valence-corrected chi connectivity index (χ0v) is 11.8. The van der Waals surface area contributed by atoms with Gasteiger partial charge in [0.15, 0.2) is 0 Å². The Hall–Kier alpha value is -0.510. The molecule has 0 saturated carbocycles. The summed E-state index contributed by atoms with van der Waals surface area (Å²) in [7, 11) is 1.96. The number of aliphatic hydroxyl groups is 1. The van der Waals surface area contributed by atoms with Crippen molar-refractivity contribution in [2.24, 2.45) is 5.92 Å². The minimum atomic E-state index is 0.230. The van der Waals surface area contributed by atoms with Crippen LogP contribution < -0.4 is 5.32 Å². The third-order valence-electron chi connectivity index (χ3n) is 3.09. The number of rotatable bonds is 7. The Morgan fingerprint density at radius 3 is 2.29 bits per heavy atom. The molecule has 1 rings (SSSR count). The number of thioether (sulfide) groups is 1. The molecule has 0 aromatic heterocycles. The van der Waals surface area contributed by atoms with Crippen LogP contribution >= 0.6 is 11.8 Å². The summed E-state index contributed by atoms with van der Waals surface area (Å²) in [6.45, 7) is 4.51. The molecule has 0 amide bonds. The summed E-state index contributed by atoms with van der Waals surface area (Å²) in [4.78, 5) is 1.31. The Balaban J connectivity index is 2.81. The quantitative estimate of drug-likeness (QED) is 0.733. The maximum Gasteiger partial charge on any atom is 0.0477 e. The smallest absolute Gasteiger partial charge is 0.0477 e. The van der Waals surface area contributed by atoms with E-state index >= 15 is 0 Å². The topological polar surface area (TPSA) is 32.3 Å². The van der Waals surface area contributed by atoms with E-state index in [4.69, 9.17) is 0 Å². The fraction of sp³-hybridized carbons (Fsp3) is 0.571. The van der Waals surface area contributed by atoms with Crippen LogP contribution in [0.1, 0.15) is 31.9 Å². The van der Waals surface area contributed by atoms with Gasteiger partial charge in [-0.2, -0.15) is 0 Å². The number of hydrogen-bond donors (Lipinski definition) is 2. The molecule has 0 radical (unpaired) electrons. The third kappa shape index (κ3) is 4.02. The van der Waals surface area contributed by atoms with E-state index < -0.39 is 0 Å². The Morgan fingerprint density at radius 1 is 1.24 bits per heavy atom. The van der Waals surface area contributed by atoms with E-state index in [-0.39, 0.29) is 18.6 Å². The lowest BCUT2D eigenvalue weighted by atomic mass is 9.92. The van der Waals surface area contributed by atoms with Crippen molar-refractivity contribution in [2.45, 2.75) is 31.2 Å². The van der Waals surface area contributed by atoms with Gasteiger partial charge in [0.1, 0.15) is 0 Å². The number of nitrogens with one attached hydrogen (secondary N) is 1. The van der Waals surface area contributed by atoms with Crippen molar-refractivity contribution in [3.63, 3.8) is 0 Å². The van der Waals surface area contributed by atoms with Gasteiger partial charge in [0, 0.05) is 23.5 Å². The van der Waals surface area contributed by atoms with Gasteiger partial charge < -0.3 is 10.4 Å². The minimum absolute atomic E-state index is 0.230. The molecule has 1 aromatic carbocycles. The summed E-state index contributed by atoms with van der Waals surface area (Å²) in [5.41, 5.74) is 1.26. The second kappa shape index (κ2) is 7.75. The molecule has 96 valence electrons. The zero-order valence-electron chi connectivity index (χ0n) is 10.9. The largest absolute Gasteiger partial charge is 0.396 e. The first kappa shape index (κ1) is 14.6. The molecule has 0 aliphatic heterocycles. The van der Waals surface area contributed by atoms with Crippen molar-refractivity contribution in [3.05, 3.63) is 29.8 Å². The Kier molecular flexibility index (Phi) is 6.63. The van der Waals surface area contributed by atoms with Crippen molar-refractivity contribution < 1.29 is 5.11 Å². The van der Waals surface area contributed by atoms with Crippen molar-refractivity contribution in [1.29, 1.82) is 0 Å². The van der Waals surface area contributed by atoms with Crippen LogP contribution in [0.4, 0.5) is 0 Å². The lowest BCUT2D eigenvalue weighted by Gasteiger charge is -2.24. The molecule has 2 unspecified atom stereocenters. The summed E-state index contributed by atoms with van der Waals surface area (Å²) in [6.07, 6.45) is 0.980. The van der Waals surface area contributed by atoms with E-state index in [9.17, 15) is 5.11 Å². The fourth-order valence-electron chi connectivity index (χ4n) is 2.08. The zero-order chi connectivity index (χ0) is 12.7. The highest BCUT2D eigenvalue weighted by Crippen LogP contribution is 2.26. The van der Waals surface area contributed by atoms with Crippen molar-refractivity contribution in [3.8, 4) is 0 Å². The molecule has 0 spiro atoms. The molecule has 0 aliphatic carbocycles. The van der Waals surface area contributed by atoms with E-state index in [0.29, 0.717) is 0 Å². The van der Waals surface area contributed by atoms with Crippen LogP contribution in [-0.4, -0.2) is 24.5 Å².